The second-order valence-corrected chi connectivity index (χ2v) is 9.72. The number of aromatic nitrogens is 4. The van der Waals surface area contributed by atoms with Crippen LogP contribution in [-0.2, 0) is 13.8 Å². The normalized spacial score (nSPS) is 26.5. The third-order valence-electron chi connectivity index (χ3n) is 5.85. The smallest absolute Gasteiger partial charge is 0.388 e. The number of ether oxygens (including phenoxy) is 1. The summed E-state index contributed by atoms with van der Waals surface area (Å²) < 4.78 is 25.7. The molecule has 14 heteroatoms. The van der Waals surface area contributed by atoms with Crippen LogP contribution < -0.4 is 5.73 Å². The Morgan fingerprint density at radius 1 is 1.44 bits per heavy atom. The first-order valence-electron chi connectivity index (χ1n) is 10.4. The summed E-state index contributed by atoms with van der Waals surface area (Å²) in [6.45, 7) is 7.47. The van der Waals surface area contributed by atoms with Crippen molar-refractivity contribution in [2.24, 2.45) is 5.11 Å². The molecule has 7 atom stereocenters. The summed E-state index contributed by atoms with van der Waals surface area (Å²) in [4.78, 5) is 14.9. The number of hydrogen-bond donors (Lipinski definition) is 3. The first kappa shape index (κ1) is 24.2. The van der Waals surface area contributed by atoms with Crippen LogP contribution in [0.25, 0.3) is 21.6 Å². The molecule has 0 amide bonds. The Morgan fingerprint density at radius 3 is 2.78 bits per heavy atom. The van der Waals surface area contributed by atoms with E-state index in [0.717, 1.165) is 0 Å². The molecule has 3 rings (SSSR count). The Labute approximate surface area is 185 Å². The maximum atomic E-state index is 12.5. The lowest BCUT2D eigenvalue weighted by Gasteiger charge is -2.27. The highest BCUT2D eigenvalue weighted by atomic mass is 31.1. The van der Waals surface area contributed by atoms with Crippen molar-refractivity contribution >= 4 is 31.0 Å². The molecule has 1 saturated heterocycles. The van der Waals surface area contributed by atoms with Crippen molar-refractivity contribution in [3.8, 4) is 0 Å². The van der Waals surface area contributed by atoms with Crippen LogP contribution in [0, 0.1) is 0 Å². The topological polar surface area (TPSA) is 194 Å². The first-order chi connectivity index (χ1) is 15.2. The second-order valence-electron chi connectivity index (χ2n) is 8.09. The molecule has 32 heavy (non-hydrogen) atoms. The van der Waals surface area contributed by atoms with E-state index in [1.807, 2.05) is 20.8 Å². The van der Waals surface area contributed by atoms with Crippen molar-refractivity contribution in [1.82, 2.24) is 19.5 Å². The molecule has 1 aliphatic heterocycles. The predicted octanol–water partition coefficient (Wildman–Crippen LogP) is 3.09. The molecule has 1 aliphatic rings. The second kappa shape index (κ2) is 9.62. The summed E-state index contributed by atoms with van der Waals surface area (Å²) >= 11 is 0. The van der Waals surface area contributed by atoms with Gasteiger partial charge in [-0.2, -0.15) is 0 Å². The van der Waals surface area contributed by atoms with Gasteiger partial charge in [-0.15, -0.1) is 4.52 Å². The molecule has 2 aromatic rings. The van der Waals surface area contributed by atoms with Crippen LogP contribution in [0.15, 0.2) is 11.4 Å². The molecule has 174 valence electrons. The molecule has 13 nitrogen and oxygen atoms in total. The maximum absolute atomic E-state index is 12.5. The van der Waals surface area contributed by atoms with Gasteiger partial charge in [-0.25, -0.2) is 15.0 Å². The van der Waals surface area contributed by atoms with Crippen LogP contribution in [0.3, 0.4) is 0 Å². The van der Waals surface area contributed by atoms with Gasteiger partial charge in [0.15, 0.2) is 28.9 Å². The molecule has 0 aromatic carbocycles. The zero-order valence-electron chi connectivity index (χ0n) is 18.4. The number of rotatable bonds is 9. The molecule has 0 spiro atoms. The number of imidazole rings is 1. The minimum atomic E-state index is -1.92. The van der Waals surface area contributed by atoms with Crippen molar-refractivity contribution < 1.29 is 24.0 Å². The number of aliphatic hydroxyl groups is 2. The van der Waals surface area contributed by atoms with Crippen molar-refractivity contribution in [2.75, 3.05) is 5.73 Å². The molecule has 0 saturated carbocycles. The van der Waals surface area contributed by atoms with Crippen LogP contribution in [-0.4, -0.2) is 59.3 Å². The third-order valence-corrected chi connectivity index (χ3v) is 7.56. The van der Waals surface area contributed by atoms with Crippen LogP contribution >= 0.6 is 8.03 Å². The summed E-state index contributed by atoms with van der Waals surface area (Å²) in [7, 11) is -1.92. The van der Waals surface area contributed by atoms with E-state index in [0.29, 0.717) is 12.8 Å². The number of hydrogen-bond acceptors (Lipinski definition) is 10. The Bertz CT molecular complexity index is 1040. The van der Waals surface area contributed by atoms with Crippen molar-refractivity contribution in [1.29, 1.82) is 0 Å². The molecule has 4 unspecified atom stereocenters. The highest BCUT2D eigenvalue weighted by molar-refractivity contribution is 7.40. The van der Waals surface area contributed by atoms with Gasteiger partial charge in [0.1, 0.15) is 24.1 Å². The van der Waals surface area contributed by atoms with Gasteiger partial charge in [0.2, 0.25) is 5.95 Å². The van der Waals surface area contributed by atoms with Crippen molar-refractivity contribution in [2.45, 2.75) is 82.8 Å². The number of fused-ring (bicyclic) bond motifs is 1. The zero-order chi connectivity index (χ0) is 23.6. The highest BCUT2D eigenvalue weighted by Gasteiger charge is 2.49. The summed E-state index contributed by atoms with van der Waals surface area (Å²) in [5.41, 5.74) is 14.2. The summed E-state index contributed by atoms with van der Waals surface area (Å²) in [5, 5.41) is 25.0. The molecular formula is C18H28N8O5P+. The molecule has 0 bridgehead atoms. The molecule has 1 fully saturated rings. The standard InChI is InChI=1S/C18H28N8O5P/c1-5-9(3)32(29)31-18(4,6-2)7-10-12(27)13(28)16(30-10)26-15-11(14(19)21-8-22-15)23-17(26)24-25-20/h8-10,12-13,16,27-28H,5-7H2,1-4H3,(H2,19,21,22)/q+1/t9?,10-,12-,13-,16?,18?/m1/s1. The van der Waals surface area contributed by atoms with E-state index in [1.165, 1.54) is 10.9 Å². The number of nitrogen functional groups attached to an aromatic ring is 1. The molecule has 0 aliphatic carbocycles. The number of nitrogens with zero attached hydrogens (tertiary/aromatic N) is 7. The van der Waals surface area contributed by atoms with Gasteiger partial charge < -0.3 is 20.7 Å². The number of nitrogens with two attached hydrogens (primary N) is 1. The van der Waals surface area contributed by atoms with Gasteiger partial charge in [0, 0.05) is 11.3 Å². The van der Waals surface area contributed by atoms with Gasteiger partial charge in [0.25, 0.3) is 0 Å². The molecular weight excluding hydrogens is 439 g/mol. The average molecular weight is 467 g/mol. The van der Waals surface area contributed by atoms with Crippen molar-refractivity contribution in [3.05, 3.63) is 16.8 Å². The fourth-order valence-electron chi connectivity index (χ4n) is 3.50. The van der Waals surface area contributed by atoms with E-state index >= 15 is 0 Å². The van der Waals surface area contributed by atoms with Crippen LogP contribution in [0.4, 0.5) is 11.8 Å². The lowest BCUT2D eigenvalue weighted by atomic mass is 9.93. The predicted molar refractivity (Wildman–Crippen MR) is 116 cm³/mol. The first-order valence-corrected chi connectivity index (χ1v) is 11.6. The summed E-state index contributed by atoms with van der Waals surface area (Å²) in [5.74, 6) is -0.0746. The SMILES string of the molecule is CCC(C)[P+](=O)OC(C)(CC)C[C@H]1OC(n2c(N=[N+]=[N-])nc3c(N)ncnc32)[C@H](O)[C@@H]1O. The molecule has 2 aromatic heterocycles. The average Bonchev–Trinajstić information content (AvgIpc) is 3.26. The quantitative estimate of drug-likeness (QED) is 0.215. The van der Waals surface area contributed by atoms with E-state index in [1.54, 1.807) is 6.92 Å². The highest BCUT2D eigenvalue weighted by Crippen LogP contribution is 2.43. The van der Waals surface area contributed by atoms with Gasteiger partial charge in [-0.1, -0.05) is 13.8 Å². The fraction of sp³-hybridized carbons (Fsp3) is 0.722. The lowest BCUT2D eigenvalue weighted by Crippen LogP contribution is -2.38. The molecule has 0 radical (unpaired) electrons. The number of aliphatic hydroxyl groups excluding tert-OH is 2. The van der Waals surface area contributed by atoms with E-state index in [9.17, 15) is 14.8 Å². The minimum Gasteiger partial charge on any atom is -0.388 e. The summed E-state index contributed by atoms with van der Waals surface area (Å²) in [6, 6.07) is 0. The number of anilines is 1. The van der Waals surface area contributed by atoms with Gasteiger partial charge in [-0.3, -0.25) is 4.57 Å². The summed E-state index contributed by atoms with van der Waals surface area (Å²) in [6.07, 6.45) is -2.07. The van der Waals surface area contributed by atoms with E-state index in [4.69, 9.17) is 20.5 Å². The van der Waals surface area contributed by atoms with E-state index in [-0.39, 0.29) is 35.0 Å². The fourth-order valence-corrected chi connectivity index (χ4v) is 4.61. The number of azide groups is 1. The minimum absolute atomic E-state index is 0.0635. The maximum Gasteiger partial charge on any atom is 0.511 e. The van der Waals surface area contributed by atoms with Crippen LogP contribution in [0.1, 0.15) is 53.2 Å². The van der Waals surface area contributed by atoms with Gasteiger partial charge in [-0.05, 0) is 41.9 Å². The van der Waals surface area contributed by atoms with E-state index in [2.05, 4.69) is 25.0 Å². The Balaban J connectivity index is 1.92. The Kier molecular flexibility index (Phi) is 7.29. The lowest BCUT2D eigenvalue weighted by molar-refractivity contribution is -0.0615. The zero-order valence-corrected chi connectivity index (χ0v) is 19.3. The van der Waals surface area contributed by atoms with Gasteiger partial charge in [0.05, 0.1) is 6.10 Å². The largest absolute Gasteiger partial charge is 0.511 e. The Morgan fingerprint density at radius 2 is 2.16 bits per heavy atom. The van der Waals surface area contributed by atoms with Gasteiger partial charge >= 0.3 is 8.03 Å². The van der Waals surface area contributed by atoms with Crippen molar-refractivity contribution in [3.63, 3.8) is 0 Å². The molecule has 4 N–H and O–H groups in total. The monoisotopic (exact) mass is 467 g/mol. The Hall–Kier alpha value is -2.40. The van der Waals surface area contributed by atoms with Crippen LogP contribution in [0.5, 0.6) is 0 Å². The van der Waals surface area contributed by atoms with E-state index < -0.39 is 38.2 Å². The molecule has 3 heterocycles. The third kappa shape index (κ3) is 4.54. The van der Waals surface area contributed by atoms with Crippen LogP contribution in [0.2, 0.25) is 0 Å².